The molecule has 124 valence electrons. The second-order valence-electron chi connectivity index (χ2n) is 4.84. The molecule has 0 aliphatic heterocycles. The summed E-state index contributed by atoms with van der Waals surface area (Å²) in [5, 5.41) is 0. The van der Waals surface area contributed by atoms with Gasteiger partial charge in [-0.15, -0.1) is 0 Å². The van der Waals surface area contributed by atoms with Gasteiger partial charge in [0.2, 0.25) is 0 Å². The summed E-state index contributed by atoms with van der Waals surface area (Å²) < 4.78 is 40.2. The van der Waals surface area contributed by atoms with Crippen LogP contribution in [0, 0.1) is 3.82 Å². The summed E-state index contributed by atoms with van der Waals surface area (Å²) in [6, 6.07) is 14.2. The van der Waals surface area contributed by atoms with E-state index in [1.807, 2.05) is 30.3 Å². The number of ether oxygens (including phenoxy) is 1. The molecule has 2 aromatic carbocycles. The van der Waals surface area contributed by atoms with Gasteiger partial charge in [0.05, 0.1) is 16.9 Å². The zero-order valence-electron chi connectivity index (χ0n) is 13.4. The molecular formula is C16H11NaO4S4. The van der Waals surface area contributed by atoms with Gasteiger partial charge in [0.15, 0.2) is 0 Å². The minimum atomic E-state index is -4.65. The van der Waals surface area contributed by atoms with E-state index in [4.69, 9.17) is 17.0 Å². The number of hydrogen-bond donors (Lipinski definition) is 0. The van der Waals surface area contributed by atoms with Crippen LogP contribution in [-0.2, 0) is 10.1 Å². The molecule has 0 N–H and O–H groups in total. The fraction of sp³-hybridized carbons (Fsp3) is 0.0625. The Morgan fingerprint density at radius 2 is 1.72 bits per heavy atom. The second kappa shape index (κ2) is 8.41. The molecule has 1 aromatic heterocycles. The first-order valence-corrected chi connectivity index (χ1v) is 10.7. The molecule has 25 heavy (non-hydrogen) atoms. The van der Waals surface area contributed by atoms with E-state index in [0.29, 0.717) is 9.39 Å². The molecule has 3 aromatic rings. The van der Waals surface area contributed by atoms with Crippen molar-refractivity contribution in [3.8, 4) is 27.3 Å². The fourth-order valence-electron chi connectivity index (χ4n) is 2.31. The van der Waals surface area contributed by atoms with Crippen molar-refractivity contribution in [1.29, 1.82) is 0 Å². The number of hydrogen-bond acceptors (Lipinski definition) is 7. The van der Waals surface area contributed by atoms with Gasteiger partial charge >= 0.3 is 29.6 Å². The Morgan fingerprint density at radius 3 is 2.32 bits per heavy atom. The van der Waals surface area contributed by atoms with Gasteiger partial charge in [0.1, 0.15) is 19.7 Å². The van der Waals surface area contributed by atoms with Crippen LogP contribution in [0.2, 0.25) is 0 Å². The molecule has 0 fully saturated rings. The molecule has 0 spiro atoms. The number of methoxy groups -OCH3 is 1. The van der Waals surface area contributed by atoms with E-state index in [-0.39, 0.29) is 40.2 Å². The summed E-state index contributed by atoms with van der Waals surface area (Å²) >= 11 is 5.42. The van der Waals surface area contributed by atoms with Gasteiger partial charge in [-0.25, -0.2) is 8.42 Å². The molecule has 4 nitrogen and oxygen atoms in total. The van der Waals surface area contributed by atoms with Crippen LogP contribution < -0.4 is 34.3 Å². The maximum absolute atomic E-state index is 11.5. The first-order valence-electron chi connectivity index (χ1n) is 6.74. The molecule has 0 aliphatic rings. The molecular weight excluding hydrogens is 407 g/mol. The van der Waals surface area contributed by atoms with Crippen LogP contribution in [-0.4, -0.2) is 20.1 Å². The van der Waals surface area contributed by atoms with Crippen LogP contribution in [0.3, 0.4) is 0 Å². The van der Waals surface area contributed by atoms with Crippen molar-refractivity contribution in [2.45, 2.75) is 4.90 Å². The van der Waals surface area contributed by atoms with Crippen LogP contribution in [0.5, 0.6) is 5.75 Å². The van der Waals surface area contributed by atoms with Crippen LogP contribution >= 0.6 is 32.9 Å². The van der Waals surface area contributed by atoms with Gasteiger partial charge in [-0.05, 0) is 23.3 Å². The van der Waals surface area contributed by atoms with Crippen molar-refractivity contribution in [3.63, 3.8) is 0 Å². The van der Waals surface area contributed by atoms with Crippen LogP contribution in [0.4, 0.5) is 0 Å². The molecule has 0 atom stereocenters. The van der Waals surface area contributed by atoms with Gasteiger partial charge < -0.3 is 9.29 Å². The number of rotatable bonds is 4. The van der Waals surface area contributed by atoms with Crippen LogP contribution in [0.1, 0.15) is 0 Å². The maximum atomic E-state index is 11.5. The molecule has 0 saturated carbocycles. The van der Waals surface area contributed by atoms with Gasteiger partial charge in [0.25, 0.3) is 0 Å². The van der Waals surface area contributed by atoms with Crippen molar-refractivity contribution in [1.82, 2.24) is 0 Å². The van der Waals surface area contributed by atoms with Crippen molar-refractivity contribution in [2.24, 2.45) is 0 Å². The molecule has 1 heterocycles. The fourth-order valence-corrected chi connectivity index (χ4v) is 5.90. The van der Waals surface area contributed by atoms with E-state index in [1.165, 1.54) is 39.9 Å². The Bertz CT molecular complexity index is 1040. The minimum Gasteiger partial charge on any atom is -0.744 e. The third-order valence-electron chi connectivity index (χ3n) is 3.39. The molecule has 0 bridgehead atoms. The Hall–Kier alpha value is -0.580. The first kappa shape index (κ1) is 20.7. The third kappa shape index (κ3) is 4.40. The predicted octanol–water partition coefficient (Wildman–Crippen LogP) is 1.79. The Labute approximate surface area is 180 Å². The molecule has 0 amide bonds. The largest absolute Gasteiger partial charge is 1.00 e. The van der Waals surface area contributed by atoms with Gasteiger partial charge in [0, 0.05) is 5.56 Å². The summed E-state index contributed by atoms with van der Waals surface area (Å²) in [7, 11) is -0.360. The second-order valence-corrected chi connectivity index (χ2v) is 9.01. The summed E-state index contributed by atoms with van der Waals surface area (Å²) in [6.45, 7) is 0. The van der Waals surface area contributed by atoms with Gasteiger partial charge in [-0.2, -0.15) is 0 Å². The van der Waals surface area contributed by atoms with Gasteiger partial charge in [-0.1, -0.05) is 69.3 Å². The van der Waals surface area contributed by atoms with Gasteiger partial charge in [-0.3, -0.25) is 0 Å². The Morgan fingerprint density at radius 1 is 1.04 bits per heavy atom. The minimum absolute atomic E-state index is 0. The quantitative estimate of drug-likeness (QED) is 0.280. The maximum Gasteiger partial charge on any atom is 1.00 e. The summed E-state index contributed by atoms with van der Waals surface area (Å²) in [6.07, 6.45) is 0. The van der Waals surface area contributed by atoms with Crippen molar-refractivity contribution in [2.75, 3.05) is 7.11 Å². The monoisotopic (exact) mass is 418 g/mol. The summed E-state index contributed by atoms with van der Waals surface area (Å²) in [5.41, 5.74) is 2.34. The van der Waals surface area contributed by atoms with Crippen LogP contribution in [0.15, 0.2) is 53.4 Å². The van der Waals surface area contributed by atoms with Crippen molar-refractivity contribution in [3.05, 3.63) is 52.4 Å². The predicted molar refractivity (Wildman–Crippen MR) is 98.4 cm³/mol. The normalized spacial score (nSPS) is 11.0. The average Bonchev–Trinajstić information content (AvgIpc) is 2.96. The van der Waals surface area contributed by atoms with E-state index in [2.05, 4.69) is 0 Å². The average molecular weight is 419 g/mol. The molecule has 0 radical (unpaired) electrons. The summed E-state index contributed by atoms with van der Waals surface area (Å²) in [4.78, 5) is 0.567. The SMILES string of the molecule is COc1ccc(-c2c(-c3ccccc3)ssc2=S)cc1S(=O)(=O)[O-].[Na+]. The molecule has 9 heteroatoms. The smallest absolute Gasteiger partial charge is 0.744 e. The van der Waals surface area contributed by atoms with Crippen molar-refractivity contribution < 1.29 is 47.3 Å². The van der Waals surface area contributed by atoms with E-state index in [1.54, 1.807) is 6.07 Å². The van der Waals surface area contributed by atoms with E-state index in [9.17, 15) is 13.0 Å². The third-order valence-corrected chi connectivity index (χ3v) is 7.31. The molecule has 3 rings (SSSR count). The Balaban J connectivity index is 0.00000225. The molecule has 0 saturated heterocycles. The van der Waals surface area contributed by atoms with E-state index >= 15 is 0 Å². The van der Waals surface area contributed by atoms with E-state index < -0.39 is 10.1 Å². The Kier molecular flexibility index (Phi) is 6.97. The molecule has 0 unspecified atom stereocenters. The first-order chi connectivity index (χ1) is 11.4. The zero-order valence-corrected chi connectivity index (χ0v) is 18.7. The summed E-state index contributed by atoms with van der Waals surface area (Å²) in [5.74, 6) is 0.0276. The zero-order chi connectivity index (χ0) is 17.3. The number of benzene rings is 2. The molecule has 0 aliphatic carbocycles. The topological polar surface area (TPSA) is 66.4 Å². The van der Waals surface area contributed by atoms with Crippen LogP contribution in [0.25, 0.3) is 21.6 Å². The standard InChI is InChI=1S/C16H12O4S4.Na/c1-20-12-8-7-11(9-13(12)24(17,18)19)14-15(22-23-16(14)21)10-5-3-2-4-6-10;/h2-9H,1H3,(H,17,18,19);/q;+1/p-1. The van der Waals surface area contributed by atoms with E-state index in [0.717, 1.165) is 16.0 Å². The van der Waals surface area contributed by atoms with Crippen molar-refractivity contribution >= 4 is 43.0 Å².